The van der Waals surface area contributed by atoms with E-state index < -0.39 is 0 Å². The van der Waals surface area contributed by atoms with Crippen LogP contribution in [0.5, 0.6) is 0 Å². The van der Waals surface area contributed by atoms with Crippen LogP contribution in [0.3, 0.4) is 0 Å². The summed E-state index contributed by atoms with van der Waals surface area (Å²) in [6.07, 6.45) is 1.92. The quantitative estimate of drug-likeness (QED) is 0.736. The molecule has 94 valence electrons. The van der Waals surface area contributed by atoms with E-state index in [0.29, 0.717) is 12.3 Å². The Hall–Kier alpha value is -1.56. The highest BCUT2D eigenvalue weighted by atomic mass is 16.4. The van der Waals surface area contributed by atoms with Crippen LogP contribution in [-0.2, 0) is 0 Å². The van der Waals surface area contributed by atoms with Gasteiger partial charge in [0.25, 0.3) is 0 Å². The van der Waals surface area contributed by atoms with Crippen LogP contribution in [0.4, 0.5) is 10.8 Å². The zero-order valence-electron chi connectivity index (χ0n) is 10.0. The highest BCUT2D eigenvalue weighted by Gasteiger charge is 2.42. The number of anilines is 1. The molecule has 1 aliphatic carbocycles. The largest absolute Gasteiger partial charge is 0.428 e. The van der Waals surface area contributed by atoms with Gasteiger partial charge >= 0.3 is 12.0 Å². The smallest absolute Gasteiger partial charge is 0.322 e. The molecular weight excluding hydrogens is 222 g/mol. The molecule has 2 rings (SSSR count). The first-order valence-electron chi connectivity index (χ1n) is 5.64. The van der Waals surface area contributed by atoms with Crippen molar-refractivity contribution >= 4 is 12.0 Å². The van der Waals surface area contributed by atoms with Gasteiger partial charge in [-0.05, 0) is 26.7 Å². The summed E-state index contributed by atoms with van der Waals surface area (Å²) >= 11 is 0. The van der Waals surface area contributed by atoms with Crippen molar-refractivity contribution in [1.29, 1.82) is 0 Å². The maximum Gasteiger partial charge on any atom is 0.322 e. The van der Waals surface area contributed by atoms with Gasteiger partial charge in [0.15, 0.2) is 0 Å². The molecule has 1 aromatic rings. The highest BCUT2D eigenvalue weighted by Crippen LogP contribution is 2.44. The van der Waals surface area contributed by atoms with Gasteiger partial charge in [-0.2, -0.15) is 4.98 Å². The molecule has 0 unspecified atom stereocenters. The number of carbonyl (C=O) groups is 1. The molecule has 6 heteroatoms. The number of aliphatic hydroxyl groups excluding tert-OH is 1. The zero-order chi connectivity index (χ0) is 12.5. The second kappa shape index (κ2) is 4.37. The number of amides is 2. The van der Waals surface area contributed by atoms with Gasteiger partial charge in [0.05, 0.1) is 12.3 Å². The van der Waals surface area contributed by atoms with E-state index >= 15 is 0 Å². The number of nitrogens with one attached hydrogen (secondary N) is 2. The van der Waals surface area contributed by atoms with Gasteiger partial charge in [0, 0.05) is 12.0 Å². The third-order valence-corrected chi connectivity index (χ3v) is 3.17. The number of aromatic nitrogens is 1. The molecule has 0 aliphatic heterocycles. The first-order chi connectivity index (χ1) is 8.04. The van der Waals surface area contributed by atoms with Crippen molar-refractivity contribution in [1.82, 2.24) is 10.3 Å². The Morgan fingerprint density at radius 1 is 1.53 bits per heavy atom. The van der Waals surface area contributed by atoms with Crippen LogP contribution in [0.2, 0.25) is 0 Å². The fraction of sp³-hybridized carbons (Fsp3) is 0.636. The summed E-state index contributed by atoms with van der Waals surface area (Å²) in [7, 11) is 0. The summed E-state index contributed by atoms with van der Waals surface area (Å²) in [5.74, 6) is 0.689. The number of hydrogen-bond donors (Lipinski definition) is 3. The zero-order valence-corrected chi connectivity index (χ0v) is 10.0. The van der Waals surface area contributed by atoms with Crippen LogP contribution >= 0.6 is 0 Å². The molecule has 3 N–H and O–H groups in total. The molecule has 2 amide bonds. The van der Waals surface area contributed by atoms with Gasteiger partial charge in [0.1, 0.15) is 5.76 Å². The molecule has 1 fully saturated rings. The van der Waals surface area contributed by atoms with Crippen LogP contribution in [0.1, 0.15) is 24.3 Å². The van der Waals surface area contributed by atoms with Crippen LogP contribution in [0, 0.1) is 19.3 Å². The highest BCUT2D eigenvalue weighted by molar-refractivity contribution is 5.87. The van der Waals surface area contributed by atoms with E-state index in [0.717, 1.165) is 18.5 Å². The van der Waals surface area contributed by atoms with Crippen LogP contribution in [0.25, 0.3) is 0 Å². The minimum atomic E-state index is -0.356. The van der Waals surface area contributed by atoms with Crippen molar-refractivity contribution in [3.63, 3.8) is 0 Å². The van der Waals surface area contributed by atoms with Gasteiger partial charge < -0.3 is 14.8 Å². The first-order valence-corrected chi connectivity index (χ1v) is 5.64. The van der Waals surface area contributed by atoms with Gasteiger partial charge in [0.2, 0.25) is 0 Å². The van der Waals surface area contributed by atoms with Crippen LogP contribution in [0.15, 0.2) is 4.42 Å². The Morgan fingerprint density at radius 2 is 2.24 bits per heavy atom. The number of oxazole rings is 1. The molecule has 0 spiro atoms. The molecule has 0 aromatic carbocycles. The maximum absolute atomic E-state index is 11.5. The summed E-state index contributed by atoms with van der Waals surface area (Å²) in [4.78, 5) is 15.6. The third-order valence-electron chi connectivity index (χ3n) is 3.17. The second-order valence-electron chi connectivity index (χ2n) is 4.63. The molecule has 0 bridgehead atoms. The second-order valence-corrected chi connectivity index (χ2v) is 4.63. The molecule has 1 aromatic heterocycles. The number of carbonyl (C=O) groups excluding carboxylic acids is 1. The number of rotatable bonds is 4. The SMILES string of the molecule is Cc1nc(NC(=O)NCC2(CO)CC2)oc1C. The molecule has 1 aliphatic rings. The standard InChI is InChI=1S/C11H17N3O3/c1-7-8(2)17-10(13-7)14-9(16)12-5-11(6-15)3-4-11/h15H,3-6H2,1-2H3,(H2,12,13,14,16). The Bertz CT molecular complexity index is 404. The van der Waals surface area contributed by atoms with Crippen molar-refractivity contribution in [3.8, 4) is 0 Å². The Morgan fingerprint density at radius 3 is 2.71 bits per heavy atom. The summed E-state index contributed by atoms with van der Waals surface area (Å²) < 4.78 is 5.23. The minimum absolute atomic E-state index is 0.0975. The number of nitrogens with zero attached hydrogens (tertiary/aromatic N) is 1. The normalized spacial score (nSPS) is 16.6. The molecule has 1 saturated carbocycles. The molecule has 17 heavy (non-hydrogen) atoms. The lowest BCUT2D eigenvalue weighted by molar-refractivity contribution is 0.206. The monoisotopic (exact) mass is 239 g/mol. The fourth-order valence-corrected chi connectivity index (χ4v) is 1.50. The molecule has 0 saturated heterocycles. The van der Waals surface area contributed by atoms with Gasteiger partial charge in [-0.3, -0.25) is 5.32 Å². The van der Waals surface area contributed by atoms with Crippen molar-refractivity contribution in [2.24, 2.45) is 5.41 Å². The topological polar surface area (TPSA) is 87.4 Å². The minimum Gasteiger partial charge on any atom is -0.428 e. The number of aryl methyl sites for hydroxylation is 2. The van der Waals surface area contributed by atoms with E-state index in [2.05, 4.69) is 15.6 Å². The predicted octanol–water partition coefficient (Wildman–Crippen LogP) is 1.19. The molecule has 0 atom stereocenters. The molecule has 1 heterocycles. The van der Waals surface area contributed by atoms with E-state index in [1.165, 1.54) is 0 Å². The maximum atomic E-state index is 11.5. The van der Waals surface area contributed by atoms with Gasteiger partial charge in [-0.25, -0.2) is 4.79 Å². The fourth-order valence-electron chi connectivity index (χ4n) is 1.50. The Labute approximate surface area is 99.4 Å². The van der Waals surface area contributed by atoms with Crippen molar-refractivity contribution in [3.05, 3.63) is 11.5 Å². The number of hydrogen-bond acceptors (Lipinski definition) is 4. The molecule has 6 nitrogen and oxygen atoms in total. The van der Waals surface area contributed by atoms with Gasteiger partial charge in [-0.15, -0.1) is 0 Å². The van der Waals surface area contributed by atoms with Crippen LogP contribution in [-0.4, -0.2) is 29.3 Å². The lowest BCUT2D eigenvalue weighted by atomic mass is 10.1. The van der Waals surface area contributed by atoms with E-state index in [1.807, 2.05) is 6.92 Å². The average Bonchev–Trinajstić information content (AvgIpc) is 3.00. The lowest BCUT2D eigenvalue weighted by Gasteiger charge is -2.12. The van der Waals surface area contributed by atoms with E-state index in [1.54, 1.807) is 6.92 Å². The molecular formula is C11H17N3O3. The van der Waals surface area contributed by atoms with E-state index in [-0.39, 0.29) is 24.1 Å². The lowest BCUT2D eigenvalue weighted by Crippen LogP contribution is -2.35. The van der Waals surface area contributed by atoms with Crippen LogP contribution < -0.4 is 10.6 Å². The Kier molecular flexibility index (Phi) is 3.06. The van der Waals surface area contributed by atoms with Gasteiger partial charge in [-0.1, -0.05) is 0 Å². The Balaban J connectivity index is 1.81. The summed E-state index contributed by atoms with van der Waals surface area (Å²) in [5.41, 5.74) is 0.661. The number of urea groups is 1. The van der Waals surface area contributed by atoms with E-state index in [9.17, 15) is 4.79 Å². The summed E-state index contributed by atoms with van der Waals surface area (Å²) in [6.45, 7) is 4.20. The number of aliphatic hydroxyl groups is 1. The van der Waals surface area contributed by atoms with Crippen molar-refractivity contribution in [2.75, 3.05) is 18.5 Å². The first kappa shape index (κ1) is 11.9. The summed E-state index contributed by atoms with van der Waals surface area (Å²) in [5, 5.41) is 14.3. The third kappa shape index (κ3) is 2.76. The average molecular weight is 239 g/mol. The van der Waals surface area contributed by atoms with E-state index in [4.69, 9.17) is 9.52 Å². The van der Waals surface area contributed by atoms with Crippen molar-refractivity contribution in [2.45, 2.75) is 26.7 Å². The summed E-state index contributed by atoms with van der Waals surface area (Å²) in [6, 6.07) is -0.155. The van der Waals surface area contributed by atoms with Crippen molar-refractivity contribution < 1.29 is 14.3 Å². The predicted molar refractivity (Wildman–Crippen MR) is 61.8 cm³/mol. The molecule has 0 radical (unpaired) electrons.